The second-order valence-electron chi connectivity index (χ2n) is 4.50. The van der Waals surface area contributed by atoms with Crippen LogP contribution in [0.2, 0.25) is 0 Å². The lowest BCUT2D eigenvalue weighted by atomic mass is 10.2. The van der Waals surface area contributed by atoms with E-state index in [2.05, 4.69) is 10.2 Å². The van der Waals surface area contributed by atoms with Crippen molar-refractivity contribution in [1.82, 2.24) is 0 Å². The highest BCUT2D eigenvalue weighted by Gasteiger charge is 2.07. The molecule has 0 spiro atoms. The summed E-state index contributed by atoms with van der Waals surface area (Å²) in [4.78, 5) is 0. The monoisotopic (exact) mass is 322 g/mol. The molecule has 8 heteroatoms. The molecule has 0 saturated carbocycles. The van der Waals surface area contributed by atoms with Crippen molar-refractivity contribution in [2.75, 3.05) is 0 Å². The van der Waals surface area contributed by atoms with Crippen LogP contribution in [0, 0.1) is 17.5 Å². The smallest absolute Gasteiger partial charge is 0.211 e. The molecule has 120 valence electrons. The van der Waals surface area contributed by atoms with Gasteiger partial charge in [-0.25, -0.2) is 13.2 Å². The van der Waals surface area contributed by atoms with Crippen LogP contribution in [0.3, 0.4) is 0 Å². The zero-order valence-corrected chi connectivity index (χ0v) is 11.8. The van der Waals surface area contributed by atoms with E-state index in [1.165, 1.54) is 30.5 Å². The molecule has 0 heterocycles. The van der Waals surface area contributed by atoms with Gasteiger partial charge < -0.3 is 16.2 Å². The minimum atomic E-state index is -0.988. The molecule has 0 aliphatic carbocycles. The van der Waals surface area contributed by atoms with Gasteiger partial charge in [0.1, 0.15) is 6.61 Å². The Morgan fingerprint density at radius 2 is 1.78 bits per heavy atom. The van der Waals surface area contributed by atoms with Crippen LogP contribution in [0.1, 0.15) is 11.1 Å². The van der Waals surface area contributed by atoms with Gasteiger partial charge in [0.05, 0.1) is 6.21 Å². The summed E-state index contributed by atoms with van der Waals surface area (Å²) in [7, 11) is 0. The highest BCUT2D eigenvalue weighted by atomic mass is 19.2. The van der Waals surface area contributed by atoms with E-state index in [1.807, 2.05) is 0 Å². The van der Waals surface area contributed by atoms with Crippen LogP contribution in [0.15, 0.2) is 46.6 Å². The largest absolute Gasteiger partial charge is 0.486 e. The van der Waals surface area contributed by atoms with E-state index in [9.17, 15) is 13.2 Å². The molecule has 0 unspecified atom stereocenters. The first-order valence-corrected chi connectivity index (χ1v) is 6.44. The number of rotatable bonds is 5. The molecule has 2 rings (SSSR count). The molecule has 0 fully saturated rings. The van der Waals surface area contributed by atoms with Crippen LogP contribution in [-0.2, 0) is 6.61 Å². The first-order valence-electron chi connectivity index (χ1n) is 6.44. The fraction of sp³-hybridized carbons (Fsp3) is 0.0667. The zero-order valence-electron chi connectivity index (χ0n) is 11.8. The van der Waals surface area contributed by atoms with Crippen molar-refractivity contribution in [3.8, 4) is 5.75 Å². The molecule has 0 radical (unpaired) electrons. The van der Waals surface area contributed by atoms with E-state index in [-0.39, 0.29) is 18.3 Å². The minimum absolute atomic E-state index is 0.0336. The summed E-state index contributed by atoms with van der Waals surface area (Å²) in [5.74, 6) is -2.83. The lowest BCUT2D eigenvalue weighted by Crippen LogP contribution is -2.21. The lowest BCUT2D eigenvalue weighted by Gasteiger charge is -2.08. The number of nitrogens with zero attached hydrogens (tertiary/aromatic N) is 2. The third kappa shape index (κ3) is 4.73. The third-order valence-electron chi connectivity index (χ3n) is 2.71. The molecule has 0 aliphatic heterocycles. The van der Waals surface area contributed by atoms with Gasteiger partial charge >= 0.3 is 0 Å². The Balaban J connectivity index is 2.04. The number of hydrogen-bond donors (Lipinski definition) is 2. The van der Waals surface area contributed by atoms with E-state index in [0.717, 1.165) is 12.1 Å². The predicted octanol–water partition coefficient (Wildman–Crippen LogP) is 2.29. The summed E-state index contributed by atoms with van der Waals surface area (Å²) in [5, 5.41) is 6.94. The van der Waals surface area contributed by atoms with Gasteiger partial charge in [-0.3, -0.25) is 0 Å². The standard InChI is InChI=1S/C15H13F3N4O/c16-11-3-1-10(6-12(11)17)8-23-14-4-2-9(5-13(14)18)7-21-22-15(19)20/h1-7H,8H2,(H4,19,20,22). The summed E-state index contributed by atoms with van der Waals surface area (Å²) in [6.07, 6.45) is 1.27. The molecular formula is C15H13F3N4O. The second-order valence-corrected chi connectivity index (χ2v) is 4.50. The van der Waals surface area contributed by atoms with Gasteiger partial charge in [0.15, 0.2) is 23.2 Å². The Labute approximate surface area is 130 Å². The van der Waals surface area contributed by atoms with E-state index in [4.69, 9.17) is 16.2 Å². The number of benzene rings is 2. The first-order chi connectivity index (χ1) is 11.0. The average molecular weight is 322 g/mol. The predicted molar refractivity (Wildman–Crippen MR) is 80.5 cm³/mol. The van der Waals surface area contributed by atoms with Crippen molar-refractivity contribution in [1.29, 1.82) is 0 Å². The van der Waals surface area contributed by atoms with Gasteiger partial charge in [-0.15, -0.1) is 5.10 Å². The molecule has 0 aliphatic rings. The third-order valence-corrected chi connectivity index (χ3v) is 2.71. The van der Waals surface area contributed by atoms with Gasteiger partial charge in [-0.05, 0) is 41.5 Å². The maximum atomic E-state index is 13.9. The molecule has 0 amide bonds. The fourth-order valence-corrected chi connectivity index (χ4v) is 1.67. The molecular weight excluding hydrogens is 309 g/mol. The molecule has 0 aromatic heterocycles. The van der Waals surface area contributed by atoms with E-state index >= 15 is 0 Å². The lowest BCUT2D eigenvalue weighted by molar-refractivity contribution is 0.289. The maximum absolute atomic E-state index is 13.9. The Hall–Kier alpha value is -3.03. The molecule has 4 N–H and O–H groups in total. The van der Waals surface area contributed by atoms with Crippen molar-refractivity contribution >= 4 is 12.2 Å². The second kappa shape index (κ2) is 7.30. The van der Waals surface area contributed by atoms with E-state index in [1.54, 1.807) is 0 Å². The summed E-state index contributed by atoms with van der Waals surface area (Å²) in [5.41, 5.74) is 11.0. The van der Waals surface area contributed by atoms with Crippen molar-refractivity contribution in [2.45, 2.75) is 6.61 Å². The maximum Gasteiger partial charge on any atom is 0.211 e. The van der Waals surface area contributed by atoms with Gasteiger partial charge in [-0.1, -0.05) is 6.07 Å². The van der Waals surface area contributed by atoms with E-state index < -0.39 is 17.5 Å². The average Bonchev–Trinajstić information content (AvgIpc) is 2.49. The molecule has 0 saturated heterocycles. The fourth-order valence-electron chi connectivity index (χ4n) is 1.67. The number of halogens is 3. The van der Waals surface area contributed by atoms with Crippen LogP contribution in [-0.4, -0.2) is 12.2 Å². The van der Waals surface area contributed by atoms with Crippen LogP contribution < -0.4 is 16.2 Å². The van der Waals surface area contributed by atoms with Crippen molar-refractivity contribution in [3.63, 3.8) is 0 Å². The minimum Gasteiger partial charge on any atom is -0.486 e. The zero-order chi connectivity index (χ0) is 16.8. The molecule has 0 bridgehead atoms. The molecule has 5 nitrogen and oxygen atoms in total. The van der Waals surface area contributed by atoms with Gasteiger partial charge in [0, 0.05) is 0 Å². The molecule has 23 heavy (non-hydrogen) atoms. The normalized spacial score (nSPS) is 10.7. The van der Waals surface area contributed by atoms with Crippen LogP contribution in [0.25, 0.3) is 0 Å². The Morgan fingerprint density at radius 1 is 1.00 bits per heavy atom. The summed E-state index contributed by atoms with van der Waals surface area (Å²) in [6.45, 7) is -0.102. The Morgan fingerprint density at radius 3 is 2.43 bits per heavy atom. The quantitative estimate of drug-likeness (QED) is 0.503. The first kappa shape index (κ1) is 16.3. The van der Waals surface area contributed by atoms with Crippen LogP contribution in [0.4, 0.5) is 13.2 Å². The summed E-state index contributed by atoms with van der Waals surface area (Å²) in [6, 6.07) is 7.41. The number of hydrogen-bond acceptors (Lipinski definition) is 3. The highest BCUT2D eigenvalue weighted by molar-refractivity contribution is 5.81. The van der Waals surface area contributed by atoms with E-state index in [0.29, 0.717) is 11.1 Å². The van der Waals surface area contributed by atoms with Gasteiger partial charge in [0.2, 0.25) is 5.96 Å². The van der Waals surface area contributed by atoms with Crippen LogP contribution >= 0.6 is 0 Å². The van der Waals surface area contributed by atoms with Crippen molar-refractivity contribution in [3.05, 3.63) is 65.0 Å². The van der Waals surface area contributed by atoms with Crippen LogP contribution in [0.5, 0.6) is 5.75 Å². The molecule has 2 aromatic rings. The summed E-state index contributed by atoms with van der Waals surface area (Å²) >= 11 is 0. The van der Waals surface area contributed by atoms with Gasteiger partial charge in [-0.2, -0.15) is 5.10 Å². The summed E-state index contributed by atoms with van der Waals surface area (Å²) < 4.78 is 45.0. The molecule has 0 atom stereocenters. The molecule has 2 aromatic carbocycles. The highest BCUT2D eigenvalue weighted by Crippen LogP contribution is 2.19. The topological polar surface area (TPSA) is 86.0 Å². The Kier molecular flexibility index (Phi) is 5.19. The Bertz CT molecular complexity index is 758. The SMILES string of the molecule is NC(N)=NN=Cc1ccc(OCc2ccc(F)c(F)c2)c(F)c1. The number of guanidine groups is 1. The van der Waals surface area contributed by atoms with Gasteiger partial charge in [0.25, 0.3) is 0 Å². The van der Waals surface area contributed by atoms with Crippen molar-refractivity contribution < 1.29 is 17.9 Å². The number of ether oxygens (including phenoxy) is 1. The van der Waals surface area contributed by atoms with Crippen molar-refractivity contribution in [2.24, 2.45) is 21.7 Å². The number of nitrogens with two attached hydrogens (primary N) is 2.